The van der Waals surface area contributed by atoms with Crippen LogP contribution in [-0.2, 0) is 19.1 Å². The molecule has 1 saturated heterocycles. The lowest BCUT2D eigenvalue weighted by atomic mass is 10.0. The molecule has 1 atom stereocenters. The average molecular weight is 196 g/mol. The van der Waals surface area contributed by atoms with Crippen LogP contribution in [0.4, 0.5) is 0 Å². The maximum Gasteiger partial charge on any atom is 0.321 e. The fourth-order valence-electron chi connectivity index (χ4n) is 1.27. The highest BCUT2D eigenvalue weighted by atomic mass is 16.6. The van der Waals surface area contributed by atoms with Crippen LogP contribution < -0.4 is 0 Å². The number of hydrogen-bond acceptors (Lipinski definition) is 4. The number of carbonyl (C=O) groups is 2. The van der Waals surface area contributed by atoms with Crippen molar-refractivity contribution in [2.75, 3.05) is 13.2 Å². The van der Waals surface area contributed by atoms with Crippen LogP contribution >= 0.6 is 0 Å². The summed E-state index contributed by atoms with van der Waals surface area (Å²) >= 11 is 0. The fourth-order valence-corrected chi connectivity index (χ4v) is 1.27. The molecule has 1 heterocycles. The molecule has 4 heteroatoms. The Labute approximate surface area is 82.6 Å². The van der Waals surface area contributed by atoms with Gasteiger partial charge in [-0.1, -0.05) is 5.92 Å². The van der Waals surface area contributed by atoms with E-state index in [0.29, 0.717) is 13.0 Å². The van der Waals surface area contributed by atoms with Crippen LogP contribution in [0.25, 0.3) is 0 Å². The maximum atomic E-state index is 11.3. The Balaban J connectivity index is 2.51. The van der Waals surface area contributed by atoms with Crippen LogP contribution in [0, 0.1) is 18.3 Å². The zero-order valence-electron chi connectivity index (χ0n) is 7.82. The van der Waals surface area contributed by atoms with E-state index in [0.717, 1.165) is 12.8 Å². The van der Waals surface area contributed by atoms with Crippen LogP contribution in [0.2, 0.25) is 0 Å². The van der Waals surface area contributed by atoms with Crippen molar-refractivity contribution in [3.8, 4) is 12.3 Å². The standard InChI is InChI=1S/C10H12O4/c1-2-6-13-9(11)8-5-3-4-7-14-10(8)12/h1,8H,3-7H2. The highest BCUT2D eigenvalue weighted by molar-refractivity contribution is 5.95. The predicted molar refractivity (Wildman–Crippen MR) is 48.1 cm³/mol. The number of carbonyl (C=O) groups excluding carboxylic acids is 2. The lowest BCUT2D eigenvalue weighted by Crippen LogP contribution is -2.26. The Kier molecular flexibility index (Phi) is 3.99. The molecular weight excluding hydrogens is 184 g/mol. The molecule has 1 unspecified atom stereocenters. The Morgan fingerprint density at radius 2 is 2.43 bits per heavy atom. The Morgan fingerprint density at radius 1 is 1.64 bits per heavy atom. The first-order chi connectivity index (χ1) is 6.75. The van der Waals surface area contributed by atoms with E-state index in [1.54, 1.807) is 0 Å². The molecule has 0 amide bonds. The summed E-state index contributed by atoms with van der Waals surface area (Å²) in [5.74, 6) is 0.317. The molecule has 76 valence electrons. The molecule has 0 spiro atoms. The number of terminal acetylenes is 1. The van der Waals surface area contributed by atoms with Gasteiger partial charge in [-0.15, -0.1) is 6.42 Å². The monoisotopic (exact) mass is 196 g/mol. The van der Waals surface area contributed by atoms with Gasteiger partial charge < -0.3 is 9.47 Å². The van der Waals surface area contributed by atoms with Crippen LogP contribution in [0.5, 0.6) is 0 Å². The van der Waals surface area contributed by atoms with Crippen LogP contribution in [0.1, 0.15) is 19.3 Å². The summed E-state index contributed by atoms with van der Waals surface area (Å²) in [6.07, 6.45) is 7.01. The molecule has 0 aliphatic carbocycles. The van der Waals surface area contributed by atoms with Crippen molar-refractivity contribution in [2.45, 2.75) is 19.3 Å². The molecule has 1 rings (SSSR count). The van der Waals surface area contributed by atoms with E-state index in [-0.39, 0.29) is 6.61 Å². The largest absolute Gasteiger partial charge is 0.465 e. The van der Waals surface area contributed by atoms with Gasteiger partial charge in [0.15, 0.2) is 12.5 Å². The lowest BCUT2D eigenvalue weighted by Gasteiger charge is -2.09. The molecule has 1 aliphatic rings. The smallest absolute Gasteiger partial charge is 0.321 e. The summed E-state index contributed by atoms with van der Waals surface area (Å²) in [5, 5.41) is 0. The van der Waals surface area contributed by atoms with Crippen molar-refractivity contribution >= 4 is 11.9 Å². The molecule has 4 nitrogen and oxygen atoms in total. The van der Waals surface area contributed by atoms with Crippen LogP contribution in [0.3, 0.4) is 0 Å². The highest BCUT2D eigenvalue weighted by Gasteiger charge is 2.30. The van der Waals surface area contributed by atoms with Gasteiger partial charge in [0.2, 0.25) is 0 Å². The molecule has 1 fully saturated rings. The number of ether oxygens (including phenoxy) is 2. The minimum Gasteiger partial charge on any atom is -0.465 e. The van der Waals surface area contributed by atoms with E-state index in [1.807, 2.05) is 0 Å². The molecule has 14 heavy (non-hydrogen) atoms. The van der Waals surface area contributed by atoms with Crippen molar-refractivity contribution in [1.82, 2.24) is 0 Å². The SMILES string of the molecule is C#CCOC(=O)C1CCCCOC1=O. The number of esters is 2. The lowest BCUT2D eigenvalue weighted by molar-refractivity contribution is -0.160. The molecule has 0 radical (unpaired) electrons. The first kappa shape index (κ1) is 10.6. The topological polar surface area (TPSA) is 52.6 Å². The van der Waals surface area contributed by atoms with Crippen molar-refractivity contribution in [3.63, 3.8) is 0 Å². The molecule has 0 N–H and O–H groups in total. The van der Waals surface area contributed by atoms with Crippen molar-refractivity contribution < 1.29 is 19.1 Å². The first-order valence-electron chi connectivity index (χ1n) is 4.52. The third kappa shape index (κ3) is 2.77. The first-order valence-corrected chi connectivity index (χ1v) is 4.52. The van der Waals surface area contributed by atoms with Gasteiger partial charge in [-0.3, -0.25) is 9.59 Å². The molecule has 0 aromatic rings. The minimum absolute atomic E-state index is 0.0946. The maximum absolute atomic E-state index is 11.3. The van der Waals surface area contributed by atoms with E-state index < -0.39 is 17.9 Å². The van der Waals surface area contributed by atoms with Gasteiger partial charge in [-0.05, 0) is 19.3 Å². The van der Waals surface area contributed by atoms with Gasteiger partial charge in [0.05, 0.1) is 6.61 Å². The van der Waals surface area contributed by atoms with Gasteiger partial charge in [0, 0.05) is 0 Å². The number of cyclic esters (lactones) is 1. The minimum atomic E-state index is -0.786. The van der Waals surface area contributed by atoms with Gasteiger partial charge in [0.1, 0.15) is 0 Å². The van der Waals surface area contributed by atoms with E-state index in [4.69, 9.17) is 11.2 Å². The summed E-state index contributed by atoms with van der Waals surface area (Å²) < 4.78 is 9.51. The van der Waals surface area contributed by atoms with Gasteiger partial charge >= 0.3 is 11.9 Å². The van der Waals surface area contributed by atoms with E-state index in [2.05, 4.69) is 10.7 Å². The molecule has 0 bridgehead atoms. The second-order valence-corrected chi connectivity index (χ2v) is 3.03. The van der Waals surface area contributed by atoms with Crippen LogP contribution in [-0.4, -0.2) is 25.2 Å². The summed E-state index contributed by atoms with van der Waals surface area (Å²) in [4.78, 5) is 22.5. The zero-order chi connectivity index (χ0) is 10.4. The van der Waals surface area contributed by atoms with Crippen LogP contribution in [0.15, 0.2) is 0 Å². The van der Waals surface area contributed by atoms with Gasteiger partial charge in [0.25, 0.3) is 0 Å². The van der Waals surface area contributed by atoms with E-state index in [1.165, 1.54) is 0 Å². The fraction of sp³-hybridized carbons (Fsp3) is 0.600. The van der Waals surface area contributed by atoms with Gasteiger partial charge in [-0.2, -0.15) is 0 Å². The third-order valence-electron chi connectivity index (χ3n) is 2.00. The third-order valence-corrected chi connectivity index (χ3v) is 2.00. The van der Waals surface area contributed by atoms with Crippen molar-refractivity contribution in [3.05, 3.63) is 0 Å². The Morgan fingerprint density at radius 3 is 3.14 bits per heavy atom. The Hall–Kier alpha value is -1.50. The zero-order valence-corrected chi connectivity index (χ0v) is 7.82. The predicted octanol–water partition coefficient (Wildman–Crippen LogP) is 0.506. The summed E-state index contributed by atoms with van der Waals surface area (Å²) in [5.41, 5.74) is 0. The van der Waals surface area contributed by atoms with Crippen molar-refractivity contribution in [1.29, 1.82) is 0 Å². The summed E-state index contributed by atoms with van der Waals surface area (Å²) in [7, 11) is 0. The van der Waals surface area contributed by atoms with E-state index in [9.17, 15) is 9.59 Å². The normalized spacial score (nSPS) is 21.6. The van der Waals surface area contributed by atoms with E-state index >= 15 is 0 Å². The molecule has 0 saturated carbocycles. The Bertz CT molecular complexity index is 264. The molecule has 0 aromatic heterocycles. The van der Waals surface area contributed by atoms with Gasteiger partial charge in [-0.25, -0.2) is 0 Å². The highest BCUT2D eigenvalue weighted by Crippen LogP contribution is 2.16. The summed E-state index contributed by atoms with van der Waals surface area (Å²) in [6.45, 7) is 0.292. The second-order valence-electron chi connectivity index (χ2n) is 3.03. The average Bonchev–Trinajstić information content (AvgIpc) is 2.39. The summed E-state index contributed by atoms with van der Waals surface area (Å²) in [6, 6.07) is 0. The van der Waals surface area contributed by atoms with Crippen molar-refractivity contribution in [2.24, 2.45) is 5.92 Å². The molecule has 0 aromatic carbocycles. The molecular formula is C10H12O4. The quantitative estimate of drug-likeness (QED) is 0.367. The second kappa shape index (κ2) is 5.28. The number of hydrogen-bond donors (Lipinski definition) is 0. The number of rotatable bonds is 2. The molecule has 1 aliphatic heterocycles.